The third kappa shape index (κ3) is 6.16. The number of carbonyl (C=O) groups excluding carboxylic acids is 1. The molecule has 4 N–H and O–H groups in total. The molecule has 0 aromatic heterocycles. The van der Waals surface area contributed by atoms with E-state index in [9.17, 15) is 4.79 Å². The maximum Gasteiger partial charge on any atom is 0.217 e. The van der Waals surface area contributed by atoms with Gasteiger partial charge in [-0.25, -0.2) is 0 Å². The van der Waals surface area contributed by atoms with E-state index >= 15 is 0 Å². The molecule has 12 heavy (non-hydrogen) atoms. The fourth-order valence-electron chi connectivity index (χ4n) is 1.35. The zero-order chi connectivity index (χ0) is 9.40. The molecule has 0 heterocycles. The van der Waals surface area contributed by atoms with E-state index in [0.717, 1.165) is 32.2 Å². The van der Waals surface area contributed by atoms with Gasteiger partial charge in [-0.1, -0.05) is 13.3 Å². The van der Waals surface area contributed by atoms with Gasteiger partial charge in [0.25, 0.3) is 0 Å². The minimum absolute atomic E-state index is 0.197. The van der Waals surface area contributed by atoms with Crippen LogP contribution in [0.5, 0.6) is 0 Å². The topological polar surface area (TPSA) is 69.1 Å². The molecule has 1 amide bonds. The highest BCUT2D eigenvalue weighted by molar-refractivity contribution is 5.73. The van der Waals surface area contributed by atoms with Crippen molar-refractivity contribution >= 4 is 5.91 Å². The fraction of sp³-hybridized carbons (Fsp3) is 0.889. The number of carbonyl (C=O) groups is 1. The third-order valence-corrected chi connectivity index (χ3v) is 2.19. The molecular weight excluding hydrogens is 152 g/mol. The Balaban J connectivity index is 3.37. The van der Waals surface area contributed by atoms with Crippen molar-refractivity contribution < 1.29 is 4.79 Å². The summed E-state index contributed by atoms with van der Waals surface area (Å²) >= 11 is 0. The van der Waals surface area contributed by atoms with Gasteiger partial charge in [0, 0.05) is 6.42 Å². The van der Waals surface area contributed by atoms with Crippen LogP contribution in [-0.4, -0.2) is 12.5 Å². The van der Waals surface area contributed by atoms with E-state index in [0.29, 0.717) is 12.3 Å². The van der Waals surface area contributed by atoms with E-state index in [2.05, 4.69) is 6.92 Å². The van der Waals surface area contributed by atoms with Gasteiger partial charge in [0.05, 0.1) is 0 Å². The number of nitrogens with two attached hydrogens (primary N) is 2. The Bertz CT molecular complexity index is 126. The molecule has 0 aromatic rings. The van der Waals surface area contributed by atoms with Crippen molar-refractivity contribution in [3.63, 3.8) is 0 Å². The Labute approximate surface area is 74.5 Å². The molecule has 0 aromatic carbocycles. The molecule has 0 rings (SSSR count). The van der Waals surface area contributed by atoms with Crippen LogP contribution in [-0.2, 0) is 4.79 Å². The van der Waals surface area contributed by atoms with Crippen molar-refractivity contribution in [3.8, 4) is 0 Å². The van der Waals surface area contributed by atoms with Crippen LogP contribution < -0.4 is 11.5 Å². The number of primary amides is 1. The van der Waals surface area contributed by atoms with Gasteiger partial charge >= 0.3 is 0 Å². The summed E-state index contributed by atoms with van der Waals surface area (Å²) in [5.41, 5.74) is 10.5. The Morgan fingerprint density at radius 3 is 2.50 bits per heavy atom. The lowest BCUT2D eigenvalue weighted by molar-refractivity contribution is -0.118. The van der Waals surface area contributed by atoms with Crippen LogP contribution in [0.2, 0.25) is 0 Å². The van der Waals surface area contributed by atoms with E-state index in [1.807, 2.05) is 0 Å². The first-order chi connectivity index (χ1) is 5.70. The van der Waals surface area contributed by atoms with Gasteiger partial charge in [-0.3, -0.25) is 4.79 Å². The van der Waals surface area contributed by atoms with Crippen molar-refractivity contribution in [2.45, 2.75) is 39.0 Å². The third-order valence-electron chi connectivity index (χ3n) is 2.19. The lowest BCUT2D eigenvalue weighted by atomic mass is 9.96. The average molecular weight is 172 g/mol. The van der Waals surface area contributed by atoms with Gasteiger partial charge in [0.15, 0.2) is 0 Å². The number of rotatable bonds is 7. The molecule has 0 aliphatic rings. The van der Waals surface area contributed by atoms with Crippen molar-refractivity contribution in [2.75, 3.05) is 6.54 Å². The fourth-order valence-corrected chi connectivity index (χ4v) is 1.35. The lowest BCUT2D eigenvalue weighted by Gasteiger charge is -2.11. The monoisotopic (exact) mass is 172 g/mol. The van der Waals surface area contributed by atoms with Crippen molar-refractivity contribution in [3.05, 3.63) is 0 Å². The van der Waals surface area contributed by atoms with Crippen molar-refractivity contribution in [2.24, 2.45) is 17.4 Å². The van der Waals surface area contributed by atoms with Crippen LogP contribution in [0, 0.1) is 5.92 Å². The van der Waals surface area contributed by atoms with E-state index < -0.39 is 0 Å². The molecule has 3 heteroatoms. The number of hydrogen-bond acceptors (Lipinski definition) is 2. The Morgan fingerprint density at radius 2 is 2.08 bits per heavy atom. The second-order valence-electron chi connectivity index (χ2n) is 3.21. The highest BCUT2D eigenvalue weighted by Crippen LogP contribution is 2.15. The summed E-state index contributed by atoms with van der Waals surface area (Å²) in [6.45, 7) is 2.90. The summed E-state index contributed by atoms with van der Waals surface area (Å²) in [6.07, 6.45) is 4.72. The highest BCUT2D eigenvalue weighted by atomic mass is 16.1. The van der Waals surface area contributed by atoms with Crippen LogP contribution in [0.4, 0.5) is 0 Å². The second kappa shape index (κ2) is 7.10. The molecule has 1 unspecified atom stereocenters. The number of amides is 1. The largest absolute Gasteiger partial charge is 0.370 e. The van der Waals surface area contributed by atoms with Gasteiger partial charge in [-0.15, -0.1) is 0 Å². The van der Waals surface area contributed by atoms with Gasteiger partial charge in [-0.05, 0) is 31.7 Å². The molecule has 0 spiro atoms. The quantitative estimate of drug-likeness (QED) is 0.602. The molecule has 0 saturated carbocycles. The summed E-state index contributed by atoms with van der Waals surface area (Å²) in [7, 11) is 0. The van der Waals surface area contributed by atoms with E-state index in [1.54, 1.807) is 0 Å². The first-order valence-electron chi connectivity index (χ1n) is 4.69. The molecule has 72 valence electrons. The van der Waals surface area contributed by atoms with E-state index in [1.165, 1.54) is 0 Å². The van der Waals surface area contributed by atoms with Gasteiger partial charge in [-0.2, -0.15) is 0 Å². The lowest BCUT2D eigenvalue weighted by Crippen LogP contribution is -2.12. The summed E-state index contributed by atoms with van der Waals surface area (Å²) < 4.78 is 0. The van der Waals surface area contributed by atoms with Gasteiger partial charge in [0.1, 0.15) is 0 Å². The number of hydrogen-bond donors (Lipinski definition) is 2. The van der Waals surface area contributed by atoms with Crippen molar-refractivity contribution in [1.29, 1.82) is 0 Å². The second-order valence-corrected chi connectivity index (χ2v) is 3.21. The molecule has 0 radical (unpaired) electrons. The maximum atomic E-state index is 10.4. The van der Waals surface area contributed by atoms with E-state index in [-0.39, 0.29) is 5.91 Å². The Morgan fingerprint density at radius 1 is 1.42 bits per heavy atom. The van der Waals surface area contributed by atoms with Crippen LogP contribution in [0.3, 0.4) is 0 Å². The smallest absolute Gasteiger partial charge is 0.217 e. The molecule has 1 atom stereocenters. The Hall–Kier alpha value is -0.570. The molecule has 0 bridgehead atoms. The summed E-state index contributed by atoms with van der Waals surface area (Å²) in [6, 6.07) is 0. The zero-order valence-corrected chi connectivity index (χ0v) is 7.88. The Kier molecular flexibility index (Phi) is 6.76. The van der Waals surface area contributed by atoms with Crippen LogP contribution >= 0.6 is 0 Å². The normalized spacial score (nSPS) is 12.8. The zero-order valence-electron chi connectivity index (χ0n) is 7.88. The summed E-state index contributed by atoms with van der Waals surface area (Å²) in [5.74, 6) is 0.479. The first kappa shape index (κ1) is 11.4. The minimum atomic E-state index is -0.197. The SMILES string of the molecule is CCC(CCN)CCCC(N)=O. The molecule has 0 aliphatic carbocycles. The summed E-state index contributed by atoms with van der Waals surface area (Å²) in [5, 5.41) is 0. The molecular formula is C9H20N2O. The minimum Gasteiger partial charge on any atom is -0.370 e. The molecule has 3 nitrogen and oxygen atoms in total. The summed E-state index contributed by atoms with van der Waals surface area (Å²) in [4.78, 5) is 10.4. The van der Waals surface area contributed by atoms with Gasteiger partial charge < -0.3 is 11.5 Å². The van der Waals surface area contributed by atoms with E-state index in [4.69, 9.17) is 11.5 Å². The molecule has 0 fully saturated rings. The average Bonchev–Trinajstić information content (AvgIpc) is 2.02. The van der Waals surface area contributed by atoms with Crippen LogP contribution in [0.15, 0.2) is 0 Å². The maximum absolute atomic E-state index is 10.4. The van der Waals surface area contributed by atoms with Crippen LogP contribution in [0.1, 0.15) is 39.0 Å². The highest BCUT2D eigenvalue weighted by Gasteiger charge is 2.05. The van der Waals surface area contributed by atoms with Gasteiger partial charge in [0.2, 0.25) is 5.91 Å². The first-order valence-corrected chi connectivity index (χ1v) is 4.69. The predicted molar refractivity (Wildman–Crippen MR) is 50.5 cm³/mol. The predicted octanol–water partition coefficient (Wildman–Crippen LogP) is 1.02. The molecule has 0 aliphatic heterocycles. The van der Waals surface area contributed by atoms with Crippen molar-refractivity contribution in [1.82, 2.24) is 0 Å². The molecule has 0 saturated heterocycles. The van der Waals surface area contributed by atoms with Crippen LogP contribution in [0.25, 0.3) is 0 Å². The standard InChI is InChI=1S/C9H20N2O/c1-2-8(6-7-10)4-3-5-9(11)12/h8H,2-7,10H2,1H3,(H2,11,12).